The summed E-state index contributed by atoms with van der Waals surface area (Å²) in [6, 6.07) is 15.9. The monoisotopic (exact) mass is 514 g/mol. The van der Waals surface area contributed by atoms with Crippen LogP contribution in [-0.2, 0) is 22.5 Å². The summed E-state index contributed by atoms with van der Waals surface area (Å²) in [7, 11) is 0. The molecule has 3 aromatic rings. The van der Waals surface area contributed by atoms with E-state index in [1.807, 2.05) is 63.2 Å². The highest BCUT2D eigenvalue weighted by atomic mass is 16.6. The molecule has 0 spiro atoms. The smallest absolute Gasteiger partial charge is 0.408 e. The zero-order valence-corrected chi connectivity index (χ0v) is 22.3. The third kappa shape index (κ3) is 5.73. The lowest BCUT2D eigenvalue weighted by atomic mass is 9.69. The maximum Gasteiger partial charge on any atom is 0.408 e. The van der Waals surface area contributed by atoms with Crippen molar-refractivity contribution in [3.8, 4) is 11.9 Å². The normalized spacial score (nSPS) is 22.6. The Kier molecular flexibility index (Phi) is 6.97. The van der Waals surface area contributed by atoms with Crippen LogP contribution in [0.25, 0.3) is 11.0 Å². The minimum Gasteiger partial charge on any atom is -0.473 e. The van der Waals surface area contributed by atoms with Gasteiger partial charge in [-0.1, -0.05) is 30.3 Å². The van der Waals surface area contributed by atoms with E-state index >= 15 is 0 Å². The number of carbonyl (C=O) groups is 1. The third-order valence-corrected chi connectivity index (χ3v) is 7.51. The summed E-state index contributed by atoms with van der Waals surface area (Å²) in [6.07, 6.45) is 5.99. The van der Waals surface area contributed by atoms with Gasteiger partial charge in [-0.2, -0.15) is 5.26 Å². The number of amides is 1. The fraction of sp³-hybridized carbons (Fsp3) is 0.467. The fourth-order valence-corrected chi connectivity index (χ4v) is 5.38. The number of alkyl carbamates (subject to hydrolysis) is 1. The highest BCUT2D eigenvalue weighted by molar-refractivity contribution is 5.80. The molecule has 4 heterocycles. The highest BCUT2D eigenvalue weighted by Crippen LogP contribution is 2.46. The van der Waals surface area contributed by atoms with Crippen molar-refractivity contribution >= 4 is 17.1 Å². The van der Waals surface area contributed by atoms with Gasteiger partial charge in [0.05, 0.1) is 34.3 Å². The molecular weight excluding hydrogens is 480 g/mol. The van der Waals surface area contributed by atoms with Crippen molar-refractivity contribution in [2.45, 2.75) is 82.6 Å². The van der Waals surface area contributed by atoms with Crippen LogP contribution in [0.5, 0.6) is 5.88 Å². The second-order valence-electron chi connectivity index (χ2n) is 11.4. The molecule has 8 heteroatoms. The molecule has 2 saturated heterocycles. The molecule has 0 atom stereocenters. The van der Waals surface area contributed by atoms with Crippen LogP contribution in [-0.4, -0.2) is 39.4 Å². The van der Waals surface area contributed by atoms with E-state index in [0.29, 0.717) is 36.6 Å². The number of carbonyl (C=O) groups excluding carboxylic acids is 1. The van der Waals surface area contributed by atoms with Crippen LogP contribution in [0.2, 0.25) is 0 Å². The van der Waals surface area contributed by atoms with Gasteiger partial charge in [-0.05, 0) is 76.5 Å². The lowest BCUT2D eigenvalue weighted by molar-refractivity contribution is -0.163. The van der Waals surface area contributed by atoms with Crippen molar-refractivity contribution in [1.82, 2.24) is 15.3 Å². The average Bonchev–Trinajstić information content (AvgIpc) is 2.91. The first-order chi connectivity index (χ1) is 18.2. The Morgan fingerprint density at radius 3 is 2.55 bits per heavy atom. The second-order valence-corrected chi connectivity index (χ2v) is 11.4. The first-order valence-corrected chi connectivity index (χ1v) is 13.2. The van der Waals surface area contributed by atoms with Crippen LogP contribution in [0, 0.1) is 11.3 Å². The van der Waals surface area contributed by atoms with Gasteiger partial charge in [0.2, 0.25) is 5.88 Å². The van der Waals surface area contributed by atoms with Gasteiger partial charge >= 0.3 is 6.09 Å². The van der Waals surface area contributed by atoms with Crippen molar-refractivity contribution in [1.29, 1.82) is 5.26 Å². The minimum absolute atomic E-state index is 0.277. The lowest BCUT2D eigenvalue weighted by Gasteiger charge is -2.53. The zero-order chi connectivity index (χ0) is 26.8. The standard InChI is InChI=1S/C30H34N4O4/c1-28(2,3)38-27(35)34-29-13-15-30(16-14-29,37-20-29)12-11-23-22(17-31)18-32-24-9-10-25(33-26(23)24)36-19-21-7-5-4-6-8-21/h4-10,18H,11-16,19-20H2,1-3H3,(H,34,35). The number of rotatable bonds is 7. The summed E-state index contributed by atoms with van der Waals surface area (Å²) < 4.78 is 17.8. The van der Waals surface area contributed by atoms with Gasteiger partial charge < -0.3 is 19.5 Å². The molecule has 1 amide bonds. The summed E-state index contributed by atoms with van der Waals surface area (Å²) >= 11 is 0. The van der Waals surface area contributed by atoms with E-state index in [4.69, 9.17) is 19.2 Å². The minimum atomic E-state index is -0.541. The number of fused-ring (bicyclic) bond motifs is 4. The lowest BCUT2D eigenvalue weighted by Crippen LogP contribution is -2.63. The number of nitrogens with zero attached hydrogens (tertiary/aromatic N) is 3. The number of aromatic nitrogens is 2. The van der Waals surface area contributed by atoms with Gasteiger partial charge in [0, 0.05) is 12.3 Å². The summed E-state index contributed by atoms with van der Waals surface area (Å²) in [5.74, 6) is 0.502. The second kappa shape index (κ2) is 10.2. The molecule has 1 aromatic carbocycles. The SMILES string of the molecule is CC(C)(C)OC(=O)NC12CCC(CCc3c(C#N)cnc4ccc(OCc5ccccc5)nc34)(CC1)OC2. The number of aryl methyl sites for hydroxylation is 1. The molecule has 8 nitrogen and oxygen atoms in total. The van der Waals surface area contributed by atoms with Crippen LogP contribution < -0.4 is 10.1 Å². The van der Waals surface area contributed by atoms with Crippen molar-refractivity contribution in [2.24, 2.45) is 0 Å². The highest BCUT2D eigenvalue weighted by Gasteiger charge is 2.50. The van der Waals surface area contributed by atoms with E-state index in [0.717, 1.165) is 48.7 Å². The van der Waals surface area contributed by atoms with Crippen molar-refractivity contribution in [3.05, 3.63) is 65.4 Å². The molecule has 2 aromatic heterocycles. The molecule has 2 bridgehead atoms. The summed E-state index contributed by atoms with van der Waals surface area (Å²) in [4.78, 5) is 21.6. The van der Waals surface area contributed by atoms with E-state index in [9.17, 15) is 10.1 Å². The van der Waals surface area contributed by atoms with Gasteiger partial charge in [0.15, 0.2) is 0 Å². The van der Waals surface area contributed by atoms with E-state index in [-0.39, 0.29) is 11.1 Å². The number of nitriles is 1. The Labute approximate surface area is 223 Å². The van der Waals surface area contributed by atoms with Crippen molar-refractivity contribution in [3.63, 3.8) is 0 Å². The number of benzene rings is 1. The number of hydrogen-bond donors (Lipinski definition) is 1. The Hall–Kier alpha value is -3.70. The van der Waals surface area contributed by atoms with Crippen LogP contribution in [0.3, 0.4) is 0 Å². The molecular formula is C30H34N4O4. The molecule has 1 saturated carbocycles. The predicted molar refractivity (Wildman–Crippen MR) is 143 cm³/mol. The summed E-state index contributed by atoms with van der Waals surface area (Å²) in [5.41, 5.74) is 2.68. The van der Waals surface area contributed by atoms with Crippen LogP contribution in [0.1, 0.15) is 69.6 Å². The molecule has 6 rings (SSSR count). The van der Waals surface area contributed by atoms with Gasteiger partial charge in [0.1, 0.15) is 18.3 Å². The molecule has 1 aliphatic carbocycles. The van der Waals surface area contributed by atoms with E-state index in [2.05, 4.69) is 16.4 Å². The molecule has 0 radical (unpaired) electrons. The Morgan fingerprint density at radius 2 is 1.89 bits per heavy atom. The van der Waals surface area contributed by atoms with Gasteiger partial charge in [-0.3, -0.25) is 4.98 Å². The molecule has 1 N–H and O–H groups in total. The Bertz CT molecular complexity index is 1340. The van der Waals surface area contributed by atoms with Crippen LogP contribution in [0.15, 0.2) is 48.7 Å². The quantitative estimate of drug-likeness (QED) is 0.436. The molecule has 0 unspecified atom stereocenters. The molecule has 2 aliphatic heterocycles. The summed E-state index contributed by atoms with van der Waals surface area (Å²) in [6.45, 7) is 6.46. The molecule has 198 valence electrons. The first-order valence-electron chi connectivity index (χ1n) is 13.2. The topological polar surface area (TPSA) is 106 Å². The number of ether oxygens (including phenoxy) is 3. The van der Waals surface area contributed by atoms with E-state index in [1.54, 1.807) is 6.20 Å². The predicted octanol–water partition coefficient (Wildman–Crippen LogP) is 5.62. The fourth-order valence-electron chi connectivity index (χ4n) is 5.38. The number of pyridine rings is 2. The van der Waals surface area contributed by atoms with Gasteiger partial charge in [0.25, 0.3) is 0 Å². The van der Waals surface area contributed by atoms with Crippen LogP contribution >= 0.6 is 0 Å². The zero-order valence-electron chi connectivity index (χ0n) is 22.3. The third-order valence-electron chi connectivity index (χ3n) is 7.51. The van der Waals surface area contributed by atoms with Crippen LogP contribution in [0.4, 0.5) is 4.79 Å². The molecule has 38 heavy (non-hydrogen) atoms. The van der Waals surface area contributed by atoms with Gasteiger partial charge in [-0.25, -0.2) is 9.78 Å². The Morgan fingerprint density at radius 1 is 1.13 bits per heavy atom. The first kappa shape index (κ1) is 25.9. The van der Waals surface area contributed by atoms with E-state index in [1.165, 1.54) is 0 Å². The summed E-state index contributed by atoms with van der Waals surface area (Å²) in [5, 5.41) is 12.9. The van der Waals surface area contributed by atoms with Crippen molar-refractivity contribution in [2.75, 3.05) is 6.61 Å². The van der Waals surface area contributed by atoms with E-state index < -0.39 is 11.7 Å². The molecule has 3 aliphatic rings. The maximum absolute atomic E-state index is 12.4. The maximum atomic E-state index is 12.4. The number of nitrogens with one attached hydrogen (secondary N) is 1. The Balaban J connectivity index is 1.28. The largest absolute Gasteiger partial charge is 0.473 e. The van der Waals surface area contributed by atoms with Crippen molar-refractivity contribution < 1.29 is 19.0 Å². The van der Waals surface area contributed by atoms with Gasteiger partial charge in [-0.15, -0.1) is 0 Å². The number of hydrogen-bond acceptors (Lipinski definition) is 7. The average molecular weight is 515 g/mol. The molecule has 3 fully saturated rings.